The summed E-state index contributed by atoms with van der Waals surface area (Å²) in [6.07, 6.45) is 4.43. The van der Waals surface area contributed by atoms with Crippen molar-refractivity contribution in [2.75, 3.05) is 7.11 Å². The zero-order valence-corrected chi connectivity index (χ0v) is 23.0. The summed E-state index contributed by atoms with van der Waals surface area (Å²) >= 11 is 0. The minimum Gasteiger partial charge on any atom is -0.385 e. The SMILES string of the molecule is CO[C@H]1O[C@H](O)[C@](O)(CC[C@H]2/C(=C/OS(=O)(=O)O)CC[C@H]3[C@]2(C)CC[C@H]2C(C)(C)CCC[C@]32C)[C@H]1O. The fourth-order valence-corrected chi connectivity index (χ4v) is 9.23. The molecule has 4 rings (SSSR count). The predicted molar refractivity (Wildman–Crippen MR) is 132 cm³/mol. The van der Waals surface area contributed by atoms with E-state index in [9.17, 15) is 28.3 Å². The van der Waals surface area contributed by atoms with E-state index in [0.29, 0.717) is 24.7 Å². The van der Waals surface area contributed by atoms with E-state index in [0.717, 1.165) is 37.5 Å². The molecule has 3 aliphatic carbocycles. The molecule has 208 valence electrons. The highest BCUT2D eigenvalue weighted by molar-refractivity contribution is 7.81. The molecule has 0 aromatic carbocycles. The van der Waals surface area contributed by atoms with Gasteiger partial charge in [0, 0.05) is 7.11 Å². The van der Waals surface area contributed by atoms with E-state index in [4.69, 9.17) is 13.7 Å². The fourth-order valence-electron chi connectivity index (χ4n) is 8.98. The van der Waals surface area contributed by atoms with Crippen molar-refractivity contribution in [1.82, 2.24) is 0 Å². The molecule has 4 aliphatic rings. The first kappa shape index (κ1) is 28.3. The summed E-state index contributed by atoms with van der Waals surface area (Å²) in [5.41, 5.74) is -0.979. The topological polar surface area (TPSA) is 143 Å². The van der Waals surface area contributed by atoms with E-state index in [-0.39, 0.29) is 28.6 Å². The normalized spacial score (nSPS) is 47.9. The van der Waals surface area contributed by atoms with Gasteiger partial charge >= 0.3 is 10.4 Å². The third kappa shape index (κ3) is 4.65. The van der Waals surface area contributed by atoms with E-state index in [2.05, 4.69) is 27.7 Å². The molecule has 4 N–H and O–H groups in total. The molecule has 10 heteroatoms. The van der Waals surface area contributed by atoms with Crippen LogP contribution in [0.25, 0.3) is 0 Å². The third-order valence-electron chi connectivity index (χ3n) is 10.7. The Morgan fingerprint density at radius 1 is 1.06 bits per heavy atom. The summed E-state index contributed by atoms with van der Waals surface area (Å²) in [6, 6.07) is 0. The van der Waals surface area contributed by atoms with Gasteiger partial charge in [-0.2, -0.15) is 8.42 Å². The number of methoxy groups -OCH3 is 1. The van der Waals surface area contributed by atoms with Crippen molar-refractivity contribution >= 4 is 10.4 Å². The second-order valence-electron chi connectivity index (χ2n) is 12.9. The van der Waals surface area contributed by atoms with Crippen molar-refractivity contribution in [3.8, 4) is 0 Å². The average Bonchev–Trinajstić information content (AvgIpc) is 2.98. The van der Waals surface area contributed by atoms with Gasteiger partial charge in [0.05, 0.1) is 0 Å². The second kappa shape index (κ2) is 9.47. The van der Waals surface area contributed by atoms with E-state index < -0.39 is 34.7 Å². The lowest BCUT2D eigenvalue weighted by Crippen LogP contribution is -2.58. The molecular formula is C26H44O9S. The summed E-state index contributed by atoms with van der Waals surface area (Å²) in [4.78, 5) is 0. The van der Waals surface area contributed by atoms with Gasteiger partial charge in [0.1, 0.15) is 18.0 Å². The summed E-state index contributed by atoms with van der Waals surface area (Å²) in [7, 11) is -3.32. The standard InChI is InChI=1S/C26H44O9S/c1-23(2)11-6-12-25(4)18(23)10-13-24(3)17(16(7-8-19(24)25)15-34-36(30,31)32)9-14-26(29)20(27)21(33-5)35-22(26)28/h15,17-22,27-29H,6-14H2,1-5H3,(H,30,31,32)/b16-15+/t17-,18-,19-,20-,21-,22-,24+,25-,26-/m0/s1. The number of aliphatic hydroxyl groups is 3. The maximum absolute atomic E-state index is 11.4. The highest BCUT2D eigenvalue weighted by Gasteiger charge is 2.62. The van der Waals surface area contributed by atoms with E-state index in [1.165, 1.54) is 20.0 Å². The van der Waals surface area contributed by atoms with Crippen molar-refractivity contribution < 1.29 is 41.9 Å². The van der Waals surface area contributed by atoms with Crippen molar-refractivity contribution in [2.45, 2.75) is 110 Å². The molecule has 0 spiro atoms. The predicted octanol–water partition coefficient (Wildman–Crippen LogP) is 3.54. The van der Waals surface area contributed by atoms with Crippen LogP contribution in [0.2, 0.25) is 0 Å². The van der Waals surface area contributed by atoms with Crippen molar-refractivity contribution in [3.05, 3.63) is 11.8 Å². The molecule has 1 saturated heterocycles. The largest absolute Gasteiger partial charge is 0.445 e. The molecule has 1 aliphatic heterocycles. The molecule has 0 aromatic rings. The van der Waals surface area contributed by atoms with Crippen LogP contribution >= 0.6 is 0 Å². The van der Waals surface area contributed by atoms with Crippen LogP contribution in [0.15, 0.2) is 11.8 Å². The number of rotatable bonds is 6. The Bertz CT molecular complexity index is 964. The van der Waals surface area contributed by atoms with Crippen molar-refractivity contribution in [2.24, 2.45) is 34.0 Å². The zero-order chi connectivity index (χ0) is 26.7. The van der Waals surface area contributed by atoms with Crippen LogP contribution in [0.1, 0.15) is 85.5 Å². The molecular weight excluding hydrogens is 488 g/mol. The number of hydrogen-bond donors (Lipinski definition) is 4. The Kier molecular flexibility index (Phi) is 7.43. The van der Waals surface area contributed by atoms with Crippen LogP contribution in [0.5, 0.6) is 0 Å². The molecule has 0 radical (unpaired) electrons. The van der Waals surface area contributed by atoms with Gasteiger partial charge in [-0.05, 0) is 90.9 Å². The Hall–Kier alpha value is -0.750. The van der Waals surface area contributed by atoms with Gasteiger partial charge in [-0.3, -0.25) is 4.55 Å². The zero-order valence-electron chi connectivity index (χ0n) is 22.1. The van der Waals surface area contributed by atoms with E-state index >= 15 is 0 Å². The molecule has 9 atom stereocenters. The van der Waals surface area contributed by atoms with Gasteiger partial charge in [0.15, 0.2) is 12.6 Å². The van der Waals surface area contributed by atoms with Crippen molar-refractivity contribution in [1.29, 1.82) is 0 Å². The van der Waals surface area contributed by atoms with Gasteiger partial charge in [-0.25, -0.2) is 0 Å². The van der Waals surface area contributed by atoms with Crippen LogP contribution in [0.3, 0.4) is 0 Å². The number of fused-ring (bicyclic) bond motifs is 3. The van der Waals surface area contributed by atoms with Crippen LogP contribution in [-0.4, -0.2) is 59.7 Å². The lowest BCUT2D eigenvalue weighted by Gasteiger charge is -2.66. The van der Waals surface area contributed by atoms with E-state index in [1.54, 1.807) is 0 Å². The van der Waals surface area contributed by atoms with Gasteiger partial charge in [-0.15, -0.1) is 0 Å². The molecule has 1 heterocycles. The smallest absolute Gasteiger partial charge is 0.385 e. The first-order valence-corrected chi connectivity index (χ1v) is 14.6. The molecule has 36 heavy (non-hydrogen) atoms. The highest BCUT2D eigenvalue weighted by atomic mass is 32.3. The lowest BCUT2D eigenvalue weighted by atomic mass is 9.39. The average molecular weight is 533 g/mol. The molecule has 0 amide bonds. The monoisotopic (exact) mass is 532 g/mol. The summed E-state index contributed by atoms with van der Waals surface area (Å²) < 4.78 is 47.0. The Labute approximate surface area is 215 Å². The first-order chi connectivity index (χ1) is 16.6. The number of hydrogen-bond acceptors (Lipinski definition) is 8. The molecule has 9 nitrogen and oxygen atoms in total. The second-order valence-corrected chi connectivity index (χ2v) is 13.9. The molecule has 0 unspecified atom stereocenters. The number of aliphatic hydroxyl groups excluding tert-OH is 2. The Morgan fingerprint density at radius 3 is 2.36 bits per heavy atom. The fraction of sp³-hybridized carbons (Fsp3) is 0.923. The molecule has 3 saturated carbocycles. The Morgan fingerprint density at radius 2 is 1.75 bits per heavy atom. The van der Waals surface area contributed by atoms with Crippen molar-refractivity contribution in [3.63, 3.8) is 0 Å². The first-order valence-electron chi connectivity index (χ1n) is 13.2. The maximum Gasteiger partial charge on any atom is 0.445 e. The van der Waals surface area contributed by atoms with Crippen LogP contribution in [-0.2, 0) is 24.1 Å². The maximum atomic E-state index is 11.4. The third-order valence-corrected chi connectivity index (χ3v) is 11.0. The molecule has 4 fully saturated rings. The van der Waals surface area contributed by atoms with E-state index in [1.807, 2.05) is 0 Å². The quantitative estimate of drug-likeness (QED) is 0.298. The lowest BCUT2D eigenvalue weighted by molar-refractivity contribution is -0.208. The summed E-state index contributed by atoms with van der Waals surface area (Å²) in [5.74, 6) is 0.800. The van der Waals surface area contributed by atoms with Gasteiger partial charge in [0.25, 0.3) is 0 Å². The summed E-state index contributed by atoms with van der Waals surface area (Å²) in [6.45, 7) is 9.45. The van der Waals surface area contributed by atoms with Crippen LogP contribution < -0.4 is 0 Å². The summed E-state index contributed by atoms with van der Waals surface area (Å²) in [5, 5.41) is 32.2. The minimum atomic E-state index is -4.66. The van der Waals surface area contributed by atoms with Gasteiger partial charge in [-0.1, -0.05) is 34.1 Å². The molecule has 0 bridgehead atoms. The van der Waals surface area contributed by atoms with Gasteiger partial charge < -0.3 is 29.0 Å². The molecule has 0 aromatic heterocycles. The van der Waals surface area contributed by atoms with Gasteiger partial charge in [0.2, 0.25) is 0 Å². The van der Waals surface area contributed by atoms with Crippen LogP contribution in [0.4, 0.5) is 0 Å². The number of allylic oxidation sites excluding steroid dienone is 1. The highest BCUT2D eigenvalue weighted by Crippen LogP contribution is 2.69. The Balaban J connectivity index is 1.67. The van der Waals surface area contributed by atoms with Crippen LogP contribution in [0, 0.1) is 34.0 Å². The minimum absolute atomic E-state index is 0.0248. The number of ether oxygens (including phenoxy) is 2.